The Bertz CT molecular complexity index is 608. The van der Waals surface area contributed by atoms with Gasteiger partial charge in [0.2, 0.25) is 11.7 Å². The summed E-state index contributed by atoms with van der Waals surface area (Å²) in [6, 6.07) is 4.72. The van der Waals surface area contributed by atoms with E-state index in [1.165, 1.54) is 24.1 Å². The third-order valence-corrected chi connectivity index (χ3v) is 3.05. The first-order valence-electron chi connectivity index (χ1n) is 5.10. The first-order valence-corrected chi connectivity index (χ1v) is 5.86. The number of nitrogens with zero attached hydrogens (tertiary/aromatic N) is 2. The van der Waals surface area contributed by atoms with Gasteiger partial charge in [-0.15, -0.1) is 0 Å². The summed E-state index contributed by atoms with van der Waals surface area (Å²) in [5, 5.41) is 4.77. The van der Waals surface area contributed by atoms with Gasteiger partial charge in [-0.05, 0) is 18.2 Å². The molecule has 2 rings (SSSR count). The van der Waals surface area contributed by atoms with Gasteiger partial charge < -0.3 is 4.74 Å². The third kappa shape index (κ3) is 2.21. The highest BCUT2D eigenvalue weighted by Gasteiger charge is 2.20. The van der Waals surface area contributed by atoms with Crippen LogP contribution in [0.3, 0.4) is 0 Å². The van der Waals surface area contributed by atoms with Crippen molar-refractivity contribution in [3.8, 4) is 5.88 Å². The van der Waals surface area contributed by atoms with Crippen LogP contribution in [0.5, 0.6) is 5.88 Å². The molecule has 2 aromatic rings. The number of aromatic nitrogens is 2. The van der Waals surface area contributed by atoms with Crippen LogP contribution in [0.2, 0.25) is 10.0 Å². The first-order chi connectivity index (χ1) is 8.54. The van der Waals surface area contributed by atoms with E-state index < -0.39 is 0 Å². The molecule has 18 heavy (non-hydrogen) atoms. The zero-order valence-corrected chi connectivity index (χ0v) is 11.3. The molecular weight excluding hydrogens is 275 g/mol. The van der Waals surface area contributed by atoms with Gasteiger partial charge in [-0.2, -0.15) is 5.10 Å². The number of ether oxygens (including phenoxy) is 1. The normalized spacial score (nSPS) is 10.4. The topological polar surface area (TPSA) is 44.1 Å². The van der Waals surface area contributed by atoms with Crippen molar-refractivity contribution in [1.29, 1.82) is 0 Å². The lowest BCUT2D eigenvalue weighted by molar-refractivity contribution is 0.103. The molecule has 0 aliphatic heterocycles. The number of hydrogen-bond donors (Lipinski definition) is 0. The van der Waals surface area contributed by atoms with Crippen LogP contribution in [0.15, 0.2) is 24.4 Å². The molecule has 0 aliphatic rings. The van der Waals surface area contributed by atoms with Crippen LogP contribution in [0.4, 0.5) is 0 Å². The van der Waals surface area contributed by atoms with Crippen LogP contribution in [-0.2, 0) is 7.05 Å². The fourth-order valence-corrected chi connectivity index (χ4v) is 2.14. The summed E-state index contributed by atoms with van der Waals surface area (Å²) in [6.45, 7) is 0. The minimum absolute atomic E-state index is 0.249. The van der Waals surface area contributed by atoms with E-state index in [-0.39, 0.29) is 5.78 Å². The van der Waals surface area contributed by atoms with E-state index in [1.54, 1.807) is 19.2 Å². The molecule has 0 saturated heterocycles. The molecule has 0 radical (unpaired) electrons. The number of methoxy groups -OCH3 is 1. The summed E-state index contributed by atoms with van der Waals surface area (Å²) in [5.41, 5.74) is 0.733. The number of ketones is 1. The lowest BCUT2D eigenvalue weighted by atomic mass is 10.1. The van der Waals surface area contributed by atoms with E-state index in [2.05, 4.69) is 5.10 Å². The van der Waals surface area contributed by atoms with Gasteiger partial charge in [0.25, 0.3) is 0 Å². The summed E-state index contributed by atoms with van der Waals surface area (Å²) < 4.78 is 6.62. The van der Waals surface area contributed by atoms with E-state index in [9.17, 15) is 4.79 Å². The predicted molar refractivity (Wildman–Crippen MR) is 69.7 cm³/mol. The largest absolute Gasteiger partial charge is 0.481 e. The van der Waals surface area contributed by atoms with Crippen molar-refractivity contribution in [2.45, 2.75) is 0 Å². The summed E-state index contributed by atoms with van der Waals surface area (Å²) in [6.07, 6.45) is 1.45. The smallest absolute Gasteiger partial charge is 0.222 e. The van der Waals surface area contributed by atoms with Crippen molar-refractivity contribution in [3.63, 3.8) is 0 Å². The predicted octanol–water partition coefficient (Wildman–Crippen LogP) is 2.97. The van der Waals surface area contributed by atoms with Crippen LogP contribution in [-0.4, -0.2) is 22.7 Å². The van der Waals surface area contributed by atoms with Gasteiger partial charge in [0.1, 0.15) is 5.56 Å². The molecule has 1 aromatic carbocycles. The molecule has 0 unspecified atom stereocenters. The van der Waals surface area contributed by atoms with Crippen molar-refractivity contribution in [2.24, 2.45) is 7.05 Å². The minimum Gasteiger partial charge on any atom is -0.481 e. The summed E-state index contributed by atoms with van der Waals surface area (Å²) in [4.78, 5) is 12.3. The average molecular weight is 285 g/mol. The van der Waals surface area contributed by atoms with Gasteiger partial charge in [0.05, 0.1) is 18.3 Å². The molecule has 0 fully saturated rings. The molecule has 6 heteroatoms. The minimum atomic E-state index is -0.249. The molecule has 1 aromatic heterocycles. The number of benzene rings is 1. The van der Waals surface area contributed by atoms with Gasteiger partial charge in [-0.3, -0.25) is 4.79 Å². The van der Waals surface area contributed by atoms with Gasteiger partial charge in [-0.1, -0.05) is 23.2 Å². The Balaban J connectivity index is 2.48. The molecule has 94 valence electrons. The molecule has 1 heterocycles. The Kier molecular flexibility index (Phi) is 3.59. The van der Waals surface area contributed by atoms with Gasteiger partial charge >= 0.3 is 0 Å². The third-order valence-electron chi connectivity index (χ3n) is 2.50. The van der Waals surface area contributed by atoms with Crippen LogP contribution in [0.25, 0.3) is 0 Å². The number of halogens is 2. The molecule has 0 amide bonds. The molecule has 0 atom stereocenters. The van der Waals surface area contributed by atoms with Crippen molar-refractivity contribution in [2.75, 3.05) is 7.11 Å². The van der Waals surface area contributed by atoms with Crippen LogP contribution in [0, 0.1) is 0 Å². The Morgan fingerprint density at radius 1 is 1.33 bits per heavy atom. The molecular formula is C12H10Cl2N2O2. The lowest BCUT2D eigenvalue weighted by Gasteiger charge is -2.05. The fraction of sp³-hybridized carbons (Fsp3) is 0.167. The van der Waals surface area contributed by atoms with Gasteiger partial charge in [-0.25, -0.2) is 4.68 Å². The van der Waals surface area contributed by atoms with E-state index in [0.29, 0.717) is 27.1 Å². The standard InChI is InChI=1S/C12H10Cl2N2O2/c1-16-12(18-2)9(6-15-16)11(17)8-4-3-7(13)5-10(8)14/h3-6H,1-2H3. The quantitative estimate of drug-likeness (QED) is 0.814. The van der Waals surface area contributed by atoms with E-state index >= 15 is 0 Å². The summed E-state index contributed by atoms with van der Waals surface area (Å²) in [7, 11) is 3.18. The number of carbonyl (C=O) groups is 1. The molecule has 0 bridgehead atoms. The maximum atomic E-state index is 12.3. The van der Waals surface area contributed by atoms with Crippen molar-refractivity contribution in [3.05, 3.63) is 45.6 Å². The van der Waals surface area contributed by atoms with Crippen molar-refractivity contribution < 1.29 is 9.53 Å². The molecule has 0 N–H and O–H groups in total. The lowest BCUT2D eigenvalue weighted by Crippen LogP contribution is -2.04. The number of carbonyl (C=O) groups excluding carboxylic acids is 1. The van der Waals surface area contributed by atoms with Crippen molar-refractivity contribution >= 4 is 29.0 Å². The number of hydrogen-bond acceptors (Lipinski definition) is 3. The zero-order valence-electron chi connectivity index (χ0n) is 9.78. The second-order valence-electron chi connectivity index (χ2n) is 3.64. The zero-order chi connectivity index (χ0) is 13.3. The second-order valence-corrected chi connectivity index (χ2v) is 4.49. The molecule has 0 saturated carbocycles. The van der Waals surface area contributed by atoms with Crippen molar-refractivity contribution in [1.82, 2.24) is 9.78 Å². The van der Waals surface area contributed by atoms with Crippen LogP contribution >= 0.6 is 23.2 Å². The maximum absolute atomic E-state index is 12.3. The maximum Gasteiger partial charge on any atom is 0.222 e. The fourth-order valence-electron chi connectivity index (χ4n) is 1.64. The molecule has 0 aliphatic carbocycles. The SMILES string of the molecule is COc1c(C(=O)c2ccc(Cl)cc2Cl)cnn1C. The van der Waals surface area contributed by atoms with Crippen LogP contribution < -0.4 is 4.74 Å². The molecule has 4 nitrogen and oxygen atoms in total. The highest BCUT2D eigenvalue weighted by molar-refractivity contribution is 6.37. The highest BCUT2D eigenvalue weighted by atomic mass is 35.5. The Labute approximate surface area is 114 Å². The van der Waals surface area contributed by atoms with E-state index in [1.807, 2.05) is 0 Å². The monoisotopic (exact) mass is 284 g/mol. The Hall–Kier alpha value is -1.52. The summed E-state index contributed by atoms with van der Waals surface area (Å²) >= 11 is 11.8. The average Bonchev–Trinajstić information content (AvgIpc) is 2.69. The van der Waals surface area contributed by atoms with E-state index in [0.717, 1.165) is 0 Å². The van der Waals surface area contributed by atoms with Gasteiger partial charge in [0.15, 0.2) is 0 Å². The number of aryl methyl sites for hydroxylation is 1. The molecule has 0 spiro atoms. The second kappa shape index (κ2) is 5.00. The Morgan fingerprint density at radius 3 is 2.67 bits per heavy atom. The van der Waals surface area contributed by atoms with E-state index in [4.69, 9.17) is 27.9 Å². The summed E-state index contributed by atoms with van der Waals surface area (Å²) in [5.74, 6) is 0.146. The number of rotatable bonds is 3. The Morgan fingerprint density at radius 2 is 2.06 bits per heavy atom. The first kappa shape index (κ1) is 12.9. The van der Waals surface area contributed by atoms with Crippen LogP contribution in [0.1, 0.15) is 15.9 Å². The van der Waals surface area contributed by atoms with Gasteiger partial charge in [0, 0.05) is 17.6 Å². The highest BCUT2D eigenvalue weighted by Crippen LogP contribution is 2.26.